The van der Waals surface area contributed by atoms with E-state index in [1.807, 2.05) is 42.5 Å². The van der Waals surface area contributed by atoms with Crippen LogP contribution in [-0.4, -0.2) is 36.1 Å². The SMILES string of the molecule is CN(Cc1cccc(Cl)c1)C(=O)CN1C(=O)CSc2ccccc21. The topological polar surface area (TPSA) is 40.6 Å². The van der Waals surface area contributed by atoms with E-state index in [0.717, 1.165) is 16.1 Å². The average Bonchev–Trinajstić information content (AvgIpc) is 2.57. The summed E-state index contributed by atoms with van der Waals surface area (Å²) in [4.78, 5) is 29.0. The van der Waals surface area contributed by atoms with E-state index < -0.39 is 0 Å². The number of benzene rings is 2. The van der Waals surface area contributed by atoms with Gasteiger partial charge in [0.25, 0.3) is 0 Å². The molecule has 4 nitrogen and oxygen atoms in total. The van der Waals surface area contributed by atoms with Gasteiger partial charge in [0.1, 0.15) is 6.54 Å². The molecule has 0 saturated carbocycles. The zero-order chi connectivity index (χ0) is 17.1. The van der Waals surface area contributed by atoms with Crippen molar-refractivity contribution >= 4 is 40.9 Å². The van der Waals surface area contributed by atoms with E-state index in [1.54, 1.807) is 22.9 Å². The third-order valence-electron chi connectivity index (χ3n) is 3.84. The summed E-state index contributed by atoms with van der Waals surface area (Å²) in [6, 6.07) is 15.1. The van der Waals surface area contributed by atoms with E-state index in [1.165, 1.54) is 11.8 Å². The molecule has 0 unspecified atom stereocenters. The fourth-order valence-corrected chi connectivity index (χ4v) is 3.73. The number of para-hydroxylation sites is 1. The minimum atomic E-state index is -0.106. The minimum Gasteiger partial charge on any atom is -0.340 e. The summed E-state index contributed by atoms with van der Waals surface area (Å²) in [5.41, 5.74) is 1.77. The summed E-state index contributed by atoms with van der Waals surface area (Å²) in [7, 11) is 1.73. The van der Waals surface area contributed by atoms with Gasteiger partial charge in [-0.3, -0.25) is 9.59 Å². The predicted octanol–water partition coefficient (Wildman–Crippen LogP) is 3.44. The number of likely N-dealkylation sites (N-methyl/N-ethyl adjacent to an activating group) is 1. The smallest absolute Gasteiger partial charge is 0.242 e. The molecule has 2 aromatic carbocycles. The van der Waals surface area contributed by atoms with Crippen LogP contribution in [0.2, 0.25) is 5.02 Å². The quantitative estimate of drug-likeness (QED) is 0.838. The van der Waals surface area contributed by atoms with Crippen molar-refractivity contribution in [3.63, 3.8) is 0 Å². The molecule has 0 fully saturated rings. The van der Waals surface area contributed by atoms with Crippen LogP contribution in [0.3, 0.4) is 0 Å². The molecule has 0 spiro atoms. The number of carbonyl (C=O) groups excluding carboxylic acids is 2. The number of fused-ring (bicyclic) bond motifs is 1. The lowest BCUT2D eigenvalue weighted by Gasteiger charge is -2.30. The lowest BCUT2D eigenvalue weighted by molar-refractivity contribution is -0.130. The molecule has 0 bridgehead atoms. The summed E-state index contributed by atoms with van der Waals surface area (Å²) in [6.45, 7) is 0.505. The van der Waals surface area contributed by atoms with Crippen LogP contribution in [0.5, 0.6) is 0 Å². The van der Waals surface area contributed by atoms with E-state index in [-0.39, 0.29) is 18.4 Å². The van der Waals surface area contributed by atoms with Crippen molar-refractivity contribution < 1.29 is 9.59 Å². The molecule has 1 aliphatic heterocycles. The van der Waals surface area contributed by atoms with Gasteiger partial charge in [0.05, 0.1) is 11.4 Å². The third kappa shape index (κ3) is 3.74. The first-order valence-electron chi connectivity index (χ1n) is 7.55. The fraction of sp³-hybridized carbons (Fsp3) is 0.222. The molecule has 1 heterocycles. The van der Waals surface area contributed by atoms with Crippen molar-refractivity contribution in [2.24, 2.45) is 0 Å². The Morgan fingerprint density at radius 1 is 1.25 bits per heavy atom. The number of carbonyl (C=O) groups is 2. The number of thioether (sulfide) groups is 1. The molecular weight excluding hydrogens is 344 g/mol. The van der Waals surface area contributed by atoms with E-state index >= 15 is 0 Å². The highest BCUT2D eigenvalue weighted by Gasteiger charge is 2.27. The molecule has 0 aromatic heterocycles. The lowest BCUT2D eigenvalue weighted by atomic mass is 10.2. The van der Waals surface area contributed by atoms with E-state index in [2.05, 4.69) is 0 Å². The molecule has 0 aliphatic carbocycles. The minimum absolute atomic E-state index is 0.0387. The number of rotatable bonds is 4. The molecule has 6 heteroatoms. The van der Waals surface area contributed by atoms with Crippen LogP contribution in [0.15, 0.2) is 53.4 Å². The summed E-state index contributed by atoms with van der Waals surface area (Å²) in [6.07, 6.45) is 0. The van der Waals surface area contributed by atoms with Gasteiger partial charge in [0, 0.05) is 23.5 Å². The van der Waals surface area contributed by atoms with E-state index in [4.69, 9.17) is 11.6 Å². The second-order valence-corrected chi connectivity index (χ2v) is 7.07. The second-order valence-electron chi connectivity index (χ2n) is 5.62. The van der Waals surface area contributed by atoms with Crippen LogP contribution in [0.1, 0.15) is 5.56 Å². The van der Waals surface area contributed by atoms with Gasteiger partial charge in [0.2, 0.25) is 11.8 Å². The van der Waals surface area contributed by atoms with Gasteiger partial charge in [-0.2, -0.15) is 0 Å². The third-order valence-corrected chi connectivity index (χ3v) is 5.12. The van der Waals surface area contributed by atoms with Crippen LogP contribution in [0, 0.1) is 0 Å². The highest BCUT2D eigenvalue weighted by atomic mass is 35.5. The fourth-order valence-electron chi connectivity index (χ4n) is 2.58. The number of hydrogen-bond donors (Lipinski definition) is 0. The molecule has 1 aliphatic rings. The number of hydrogen-bond acceptors (Lipinski definition) is 3. The monoisotopic (exact) mass is 360 g/mol. The van der Waals surface area contributed by atoms with Gasteiger partial charge in [0.15, 0.2) is 0 Å². The van der Waals surface area contributed by atoms with Crippen LogP contribution >= 0.6 is 23.4 Å². The molecular formula is C18H17ClN2O2S. The lowest BCUT2D eigenvalue weighted by Crippen LogP contribution is -2.43. The first-order valence-corrected chi connectivity index (χ1v) is 8.91. The molecule has 2 aromatic rings. The van der Waals surface area contributed by atoms with Crippen LogP contribution < -0.4 is 4.90 Å². The molecule has 124 valence electrons. The van der Waals surface area contributed by atoms with E-state index in [9.17, 15) is 9.59 Å². The molecule has 0 N–H and O–H groups in total. The first-order chi connectivity index (χ1) is 11.5. The number of amides is 2. The van der Waals surface area contributed by atoms with Gasteiger partial charge >= 0.3 is 0 Å². The Balaban J connectivity index is 1.71. The molecule has 24 heavy (non-hydrogen) atoms. The van der Waals surface area contributed by atoms with Crippen LogP contribution in [-0.2, 0) is 16.1 Å². The molecule has 0 radical (unpaired) electrons. The van der Waals surface area contributed by atoms with Crippen LogP contribution in [0.25, 0.3) is 0 Å². The zero-order valence-electron chi connectivity index (χ0n) is 13.2. The molecule has 2 amide bonds. The van der Waals surface area contributed by atoms with Gasteiger partial charge in [-0.1, -0.05) is 35.9 Å². The van der Waals surface area contributed by atoms with Gasteiger partial charge < -0.3 is 9.80 Å². The highest BCUT2D eigenvalue weighted by Crippen LogP contribution is 2.34. The van der Waals surface area contributed by atoms with Crippen LogP contribution in [0.4, 0.5) is 5.69 Å². The summed E-state index contributed by atoms with van der Waals surface area (Å²) in [5.74, 6) is 0.218. The van der Waals surface area contributed by atoms with Crippen molar-refractivity contribution in [1.29, 1.82) is 0 Å². The van der Waals surface area contributed by atoms with Crippen molar-refractivity contribution in [3.8, 4) is 0 Å². The predicted molar refractivity (Wildman–Crippen MR) is 97.4 cm³/mol. The normalized spacial score (nSPS) is 13.6. The van der Waals surface area contributed by atoms with Crippen molar-refractivity contribution in [3.05, 3.63) is 59.1 Å². The summed E-state index contributed by atoms with van der Waals surface area (Å²) >= 11 is 7.49. The molecule has 0 saturated heterocycles. The maximum atomic E-state index is 12.5. The van der Waals surface area contributed by atoms with Gasteiger partial charge in [-0.05, 0) is 29.8 Å². The molecule has 0 atom stereocenters. The summed E-state index contributed by atoms with van der Waals surface area (Å²) in [5, 5.41) is 0.644. The number of nitrogens with zero attached hydrogens (tertiary/aromatic N) is 2. The largest absolute Gasteiger partial charge is 0.340 e. The number of anilines is 1. The van der Waals surface area contributed by atoms with E-state index in [0.29, 0.717) is 17.3 Å². The maximum absolute atomic E-state index is 12.5. The van der Waals surface area contributed by atoms with Crippen molar-refractivity contribution in [1.82, 2.24) is 4.90 Å². The maximum Gasteiger partial charge on any atom is 0.242 e. The van der Waals surface area contributed by atoms with Crippen molar-refractivity contribution in [2.75, 3.05) is 24.2 Å². The molecule has 3 rings (SSSR count). The Kier molecular flexibility index (Phi) is 5.11. The number of halogens is 1. The Morgan fingerprint density at radius 2 is 2.04 bits per heavy atom. The zero-order valence-corrected chi connectivity index (χ0v) is 14.8. The van der Waals surface area contributed by atoms with Crippen molar-refractivity contribution in [2.45, 2.75) is 11.4 Å². The Morgan fingerprint density at radius 3 is 2.83 bits per heavy atom. The van der Waals surface area contributed by atoms with Gasteiger partial charge in [-0.15, -0.1) is 11.8 Å². The standard InChI is InChI=1S/C18H17ClN2O2S/c1-20(10-13-5-4-6-14(19)9-13)17(22)11-21-15-7-2-3-8-16(15)24-12-18(21)23/h2-9H,10-12H2,1H3. The average molecular weight is 361 g/mol. The first kappa shape index (κ1) is 16.9. The van der Waals surface area contributed by atoms with Gasteiger partial charge in [-0.25, -0.2) is 0 Å². The Labute approximate surface area is 150 Å². The Hall–Kier alpha value is -1.98. The second kappa shape index (κ2) is 7.28. The Bertz CT molecular complexity index is 781. The highest BCUT2D eigenvalue weighted by molar-refractivity contribution is 8.00. The summed E-state index contributed by atoms with van der Waals surface area (Å²) < 4.78 is 0.